The van der Waals surface area contributed by atoms with Gasteiger partial charge in [-0.25, -0.2) is 0 Å². The van der Waals surface area contributed by atoms with Crippen LogP contribution in [0.3, 0.4) is 0 Å². The molecule has 160 valence electrons. The zero-order valence-corrected chi connectivity index (χ0v) is 18.1. The molecule has 0 heterocycles. The van der Waals surface area contributed by atoms with Crippen molar-refractivity contribution >= 4 is 18.4 Å². The topological polar surface area (TPSA) is 121 Å². The number of aliphatic hydroxyl groups is 6. The van der Waals surface area contributed by atoms with Gasteiger partial charge in [0.25, 0.3) is 0 Å². The highest BCUT2D eigenvalue weighted by atomic mass is 28.3. The predicted molar refractivity (Wildman–Crippen MR) is 115 cm³/mol. The van der Waals surface area contributed by atoms with E-state index in [2.05, 4.69) is 0 Å². The van der Waals surface area contributed by atoms with Gasteiger partial charge in [0, 0.05) is 0 Å². The minimum atomic E-state index is -3.18. The van der Waals surface area contributed by atoms with Gasteiger partial charge in [0.1, 0.15) is 24.4 Å². The van der Waals surface area contributed by atoms with E-state index in [1.807, 2.05) is 81.4 Å². The van der Waals surface area contributed by atoms with Crippen molar-refractivity contribution in [3.05, 3.63) is 60.7 Å². The van der Waals surface area contributed by atoms with Crippen LogP contribution in [0.2, 0.25) is 5.04 Å². The minimum absolute atomic E-state index is 0.490. The molecule has 0 amide bonds. The Morgan fingerprint density at radius 3 is 1.45 bits per heavy atom. The fourth-order valence-corrected chi connectivity index (χ4v) is 9.98. The maximum absolute atomic E-state index is 11.5. The van der Waals surface area contributed by atoms with Crippen molar-refractivity contribution in [2.24, 2.45) is 0 Å². The highest BCUT2D eigenvalue weighted by molar-refractivity contribution is 7.05. The van der Waals surface area contributed by atoms with Gasteiger partial charge in [0.15, 0.2) is 8.07 Å². The quantitative estimate of drug-likeness (QED) is 0.317. The lowest BCUT2D eigenvalue weighted by atomic mass is 10.0. The molecule has 0 aromatic heterocycles. The van der Waals surface area contributed by atoms with Gasteiger partial charge in [0.2, 0.25) is 0 Å². The second kappa shape index (κ2) is 9.49. The number of aliphatic hydroxyl groups excluding tert-OH is 6. The molecule has 6 N–H and O–H groups in total. The Labute approximate surface area is 172 Å². The van der Waals surface area contributed by atoms with Crippen molar-refractivity contribution in [3.63, 3.8) is 0 Å². The first-order valence-electron chi connectivity index (χ1n) is 9.71. The Hall–Kier alpha value is -1.58. The largest absolute Gasteiger partial charge is 0.394 e. The zero-order valence-electron chi connectivity index (χ0n) is 17.1. The van der Waals surface area contributed by atoms with Crippen LogP contribution in [0.15, 0.2) is 60.7 Å². The summed E-state index contributed by atoms with van der Waals surface area (Å²) in [6, 6.07) is 18.8. The average molecular weight is 421 g/mol. The predicted octanol–water partition coefficient (Wildman–Crippen LogP) is -0.614. The fourth-order valence-electron chi connectivity index (χ4n) is 4.20. The van der Waals surface area contributed by atoms with E-state index >= 15 is 0 Å². The van der Waals surface area contributed by atoms with E-state index in [1.54, 1.807) is 0 Å². The molecule has 2 aromatic rings. The SMILES string of the molecule is CC(C)(C)[Si](c1ccccc1)(c1ccccc1)C(O)[C@H](O)[C@@H](O)[C@H](O)[C@H](O)CO. The molecule has 0 saturated carbocycles. The Bertz CT molecular complexity index is 709. The molecule has 29 heavy (non-hydrogen) atoms. The molecule has 5 atom stereocenters. The Morgan fingerprint density at radius 2 is 1.10 bits per heavy atom. The molecule has 7 heteroatoms. The summed E-state index contributed by atoms with van der Waals surface area (Å²) in [7, 11) is -3.18. The molecule has 2 aromatic carbocycles. The van der Waals surface area contributed by atoms with Crippen LogP contribution >= 0.6 is 0 Å². The highest BCUT2D eigenvalue weighted by Crippen LogP contribution is 2.39. The first-order valence-corrected chi connectivity index (χ1v) is 11.8. The molecule has 0 saturated heterocycles. The molecule has 0 radical (unpaired) electrons. The molecule has 0 spiro atoms. The average Bonchev–Trinajstić information content (AvgIpc) is 2.72. The van der Waals surface area contributed by atoms with Crippen molar-refractivity contribution in [2.75, 3.05) is 6.61 Å². The third kappa shape index (κ3) is 4.46. The van der Waals surface area contributed by atoms with Crippen LogP contribution in [0.25, 0.3) is 0 Å². The summed E-state index contributed by atoms with van der Waals surface area (Å²) in [5.41, 5.74) is -1.40. The van der Waals surface area contributed by atoms with Crippen LogP contribution in [-0.4, -0.2) is 75.5 Å². The van der Waals surface area contributed by atoms with Crippen molar-refractivity contribution in [1.29, 1.82) is 0 Å². The van der Waals surface area contributed by atoms with E-state index in [-0.39, 0.29) is 0 Å². The van der Waals surface area contributed by atoms with E-state index in [0.29, 0.717) is 0 Å². The smallest absolute Gasteiger partial charge is 0.157 e. The molecule has 1 unspecified atom stereocenters. The summed E-state index contributed by atoms with van der Waals surface area (Å²) in [5.74, 6) is 0. The van der Waals surface area contributed by atoms with Gasteiger partial charge in [-0.1, -0.05) is 91.8 Å². The minimum Gasteiger partial charge on any atom is -0.394 e. The molecule has 2 rings (SSSR count). The van der Waals surface area contributed by atoms with Crippen molar-refractivity contribution in [3.8, 4) is 0 Å². The molecular formula is C22H32O6Si. The van der Waals surface area contributed by atoms with Crippen LogP contribution in [0.4, 0.5) is 0 Å². The number of benzene rings is 2. The van der Waals surface area contributed by atoms with Crippen LogP contribution in [-0.2, 0) is 0 Å². The third-order valence-corrected chi connectivity index (χ3v) is 11.8. The summed E-state index contributed by atoms with van der Waals surface area (Å²) in [4.78, 5) is 0. The first-order chi connectivity index (χ1) is 13.6. The Balaban J connectivity index is 2.67. The standard InChI is InChI=1S/C22H32O6Si/c1-22(2,3)29(15-10-6-4-7-11-15,16-12-8-5-9-13-16)21(28)20(27)19(26)18(25)17(24)14-23/h4-13,17-21,23-28H,14H2,1-3H3/t17-,18-,19+,20-,21?/m1/s1. The molecular weight excluding hydrogens is 388 g/mol. The molecule has 0 aliphatic heterocycles. The molecule has 0 aliphatic carbocycles. The summed E-state index contributed by atoms with van der Waals surface area (Å²) < 4.78 is 0. The van der Waals surface area contributed by atoms with Crippen LogP contribution in [0.5, 0.6) is 0 Å². The summed E-state index contributed by atoms with van der Waals surface area (Å²) in [6.45, 7) is 5.18. The Kier molecular flexibility index (Phi) is 7.75. The van der Waals surface area contributed by atoms with Crippen molar-refractivity contribution in [2.45, 2.75) is 56.0 Å². The van der Waals surface area contributed by atoms with Gasteiger partial charge in [-0.2, -0.15) is 0 Å². The Morgan fingerprint density at radius 1 is 0.690 bits per heavy atom. The fraction of sp³-hybridized carbons (Fsp3) is 0.455. The molecule has 6 nitrogen and oxygen atoms in total. The lowest BCUT2D eigenvalue weighted by Gasteiger charge is -2.49. The third-order valence-electron chi connectivity index (χ3n) is 5.69. The lowest BCUT2D eigenvalue weighted by Crippen LogP contribution is -2.75. The van der Waals surface area contributed by atoms with Crippen molar-refractivity contribution in [1.82, 2.24) is 0 Å². The lowest BCUT2D eigenvalue weighted by molar-refractivity contribution is -0.130. The molecule has 0 fully saturated rings. The van der Waals surface area contributed by atoms with Gasteiger partial charge < -0.3 is 30.6 Å². The summed E-state index contributed by atoms with van der Waals surface area (Å²) in [6.07, 6.45) is -7.01. The second-order valence-electron chi connectivity index (χ2n) is 8.46. The maximum atomic E-state index is 11.5. The van der Waals surface area contributed by atoms with Crippen LogP contribution in [0.1, 0.15) is 20.8 Å². The van der Waals surface area contributed by atoms with E-state index in [4.69, 9.17) is 5.11 Å². The van der Waals surface area contributed by atoms with Gasteiger partial charge in [-0.05, 0) is 5.04 Å². The van der Waals surface area contributed by atoms with Crippen molar-refractivity contribution < 1.29 is 30.6 Å². The zero-order chi connectivity index (χ0) is 21.8. The summed E-state index contributed by atoms with van der Waals surface area (Å²) in [5, 5.41) is 63.0. The number of hydrogen-bond donors (Lipinski definition) is 6. The maximum Gasteiger partial charge on any atom is 0.157 e. The highest BCUT2D eigenvalue weighted by Gasteiger charge is 2.56. The summed E-state index contributed by atoms with van der Waals surface area (Å²) >= 11 is 0. The van der Waals surface area contributed by atoms with E-state index < -0.39 is 49.9 Å². The number of rotatable bonds is 8. The first kappa shape index (κ1) is 23.7. The monoisotopic (exact) mass is 420 g/mol. The van der Waals surface area contributed by atoms with E-state index in [1.165, 1.54) is 0 Å². The molecule has 0 bridgehead atoms. The van der Waals surface area contributed by atoms with Gasteiger partial charge in [-0.3, -0.25) is 0 Å². The van der Waals surface area contributed by atoms with Crippen LogP contribution in [0, 0.1) is 0 Å². The second-order valence-corrected chi connectivity index (χ2v) is 13.3. The normalized spacial score (nSPS) is 18.0. The number of hydrogen-bond acceptors (Lipinski definition) is 6. The van der Waals surface area contributed by atoms with E-state index in [9.17, 15) is 25.5 Å². The van der Waals surface area contributed by atoms with Gasteiger partial charge in [-0.15, -0.1) is 0 Å². The van der Waals surface area contributed by atoms with Gasteiger partial charge >= 0.3 is 0 Å². The van der Waals surface area contributed by atoms with Gasteiger partial charge in [0.05, 0.1) is 12.3 Å². The molecule has 0 aliphatic rings. The van der Waals surface area contributed by atoms with Crippen LogP contribution < -0.4 is 10.4 Å². The van der Waals surface area contributed by atoms with E-state index in [0.717, 1.165) is 10.4 Å².